The van der Waals surface area contributed by atoms with Gasteiger partial charge in [-0.25, -0.2) is 0 Å². The molecule has 0 bridgehead atoms. The van der Waals surface area contributed by atoms with Crippen LogP contribution in [0.4, 0.5) is 0 Å². The molecule has 0 aromatic heterocycles. The predicted octanol–water partition coefficient (Wildman–Crippen LogP) is 1.72. The van der Waals surface area contributed by atoms with E-state index in [9.17, 15) is 14.4 Å². The summed E-state index contributed by atoms with van der Waals surface area (Å²) < 4.78 is 15.9. The number of rotatable bonds is 15. The summed E-state index contributed by atoms with van der Waals surface area (Å²) in [5, 5.41) is 2.93. The molecule has 162 valence electrons. The Morgan fingerprint density at radius 1 is 1.04 bits per heavy atom. The molecule has 1 saturated carbocycles. The van der Waals surface area contributed by atoms with Crippen molar-refractivity contribution in [2.45, 2.75) is 52.4 Å². The van der Waals surface area contributed by atoms with Crippen molar-refractivity contribution in [3.63, 3.8) is 0 Å². The maximum Gasteiger partial charge on any atom is 0.246 e. The molecular weight excluding hydrogens is 364 g/mol. The number of carbonyl (C=O) groups excluding carboxylic acids is 3. The highest BCUT2D eigenvalue weighted by Gasteiger charge is 2.18. The quantitative estimate of drug-likeness (QED) is 0.256. The summed E-state index contributed by atoms with van der Waals surface area (Å²) in [7, 11) is 0. The first-order chi connectivity index (χ1) is 13.6. The smallest absolute Gasteiger partial charge is 0.246 e. The molecule has 1 rings (SSSR count). The van der Waals surface area contributed by atoms with Crippen molar-refractivity contribution >= 4 is 18.2 Å². The van der Waals surface area contributed by atoms with Crippen LogP contribution >= 0.6 is 0 Å². The topological polar surface area (TPSA) is 94.2 Å². The zero-order chi connectivity index (χ0) is 20.6. The fourth-order valence-corrected chi connectivity index (χ4v) is 3.03. The number of carbonyl (C=O) groups is 3. The highest BCUT2D eigenvalue weighted by Crippen LogP contribution is 2.27. The fourth-order valence-electron chi connectivity index (χ4n) is 3.03. The molecule has 3 amide bonds. The maximum absolute atomic E-state index is 11.8. The van der Waals surface area contributed by atoms with E-state index in [1.54, 1.807) is 0 Å². The van der Waals surface area contributed by atoms with Crippen LogP contribution in [0.1, 0.15) is 52.4 Å². The van der Waals surface area contributed by atoms with Crippen LogP contribution in [0.25, 0.3) is 0 Å². The summed E-state index contributed by atoms with van der Waals surface area (Å²) in [4.78, 5) is 35.1. The maximum atomic E-state index is 11.8. The van der Waals surface area contributed by atoms with Crippen LogP contribution in [0.5, 0.6) is 0 Å². The lowest BCUT2D eigenvalue weighted by Gasteiger charge is -2.26. The first kappa shape index (κ1) is 24.5. The highest BCUT2D eigenvalue weighted by atomic mass is 16.5. The average molecular weight is 401 g/mol. The molecule has 28 heavy (non-hydrogen) atoms. The van der Waals surface area contributed by atoms with Gasteiger partial charge in [0.05, 0.1) is 26.4 Å². The third-order valence-electron chi connectivity index (χ3n) is 4.84. The first-order valence-corrected chi connectivity index (χ1v) is 10.3. The van der Waals surface area contributed by atoms with Crippen LogP contribution in [0.3, 0.4) is 0 Å². The minimum Gasteiger partial charge on any atom is -0.377 e. The van der Waals surface area contributed by atoms with Gasteiger partial charge in [-0.2, -0.15) is 0 Å². The van der Waals surface area contributed by atoms with E-state index in [1.807, 2.05) is 6.92 Å². The van der Waals surface area contributed by atoms with Crippen LogP contribution < -0.4 is 5.32 Å². The lowest BCUT2D eigenvalue weighted by molar-refractivity contribution is -0.145. The van der Waals surface area contributed by atoms with E-state index in [-0.39, 0.29) is 31.8 Å². The van der Waals surface area contributed by atoms with E-state index in [1.165, 1.54) is 25.7 Å². The number of ether oxygens (including phenoxy) is 3. The van der Waals surface area contributed by atoms with Gasteiger partial charge in [-0.3, -0.25) is 19.3 Å². The summed E-state index contributed by atoms with van der Waals surface area (Å²) >= 11 is 0. The van der Waals surface area contributed by atoms with Crippen LogP contribution in [0.15, 0.2) is 0 Å². The van der Waals surface area contributed by atoms with Gasteiger partial charge in [-0.15, -0.1) is 0 Å². The Bertz CT molecular complexity index is 452. The SMILES string of the molecule is CCCC(=O)N(C=O)COCCOCCOCC(=O)NCC1CCC(C)CC1. The second-order valence-electron chi connectivity index (χ2n) is 7.35. The molecule has 0 saturated heterocycles. The van der Waals surface area contributed by atoms with E-state index in [4.69, 9.17) is 14.2 Å². The Kier molecular flexibility index (Phi) is 13.5. The van der Waals surface area contributed by atoms with E-state index < -0.39 is 0 Å². The molecule has 0 spiro atoms. The zero-order valence-corrected chi connectivity index (χ0v) is 17.3. The summed E-state index contributed by atoms with van der Waals surface area (Å²) in [6.45, 7) is 6.13. The molecule has 0 radical (unpaired) electrons. The molecule has 0 aromatic carbocycles. The normalized spacial score (nSPS) is 19.2. The van der Waals surface area contributed by atoms with Crippen LogP contribution in [-0.4, -0.2) is 69.4 Å². The van der Waals surface area contributed by atoms with Gasteiger partial charge in [-0.05, 0) is 31.1 Å². The van der Waals surface area contributed by atoms with Crippen LogP contribution in [0.2, 0.25) is 0 Å². The first-order valence-electron chi connectivity index (χ1n) is 10.3. The number of nitrogens with zero attached hydrogens (tertiary/aromatic N) is 1. The number of imide groups is 1. The van der Waals surface area contributed by atoms with Crippen molar-refractivity contribution in [1.82, 2.24) is 10.2 Å². The summed E-state index contributed by atoms with van der Waals surface area (Å²) in [5.74, 6) is 1.07. The summed E-state index contributed by atoms with van der Waals surface area (Å²) in [6, 6.07) is 0. The van der Waals surface area contributed by atoms with E-state index >= 15 is 0 Å². The molecule has 1 aliphatic carbocycles. The Morgan fingerprint density at radius 3 is 2.32 bits per heavy atom. The molecular formula is C20H36N2O6. The number of nitrogens with one attached hydrogen (secondary N) is 1. The van der Waals surface area contributed by atoms with E-state index in [0.717, 1.165) is 17.4 Å². The number of amides is 3. The zero-order valence-electron chi connectivity index (χ0n) is 17.3. The molecule has 0 atom stereocenters. The van der Waals surface area contributed by atoms with Crippen molar-refractivity contribution in [2.75, 3.05) is 46.3 Å². The largest absolute Gasteiger partial charge is 0.377 e. The summed E-state index contributed by atoms with van der Waals surface area (Å²) in [5.41, 5.74) is 0. The highest BCUT2D eigenvalue weighted by molar-refractivity contribution is 5.85. The molecule has 1 N–H and O–H groups in total. The second kappa shape index (κ2) is 15.4. The molecule has 8 nitrogen and oxygen atoms in total. The average Bonchev–Trinajstić information content (AvgIpc) is 2.69. The van der Waals surface area contributed by atoms with E-state index in [2.05, 4.69) is 12.2 Å². The third-order valence-corrected chi connectivity index (χ3v) is 4.84. The molecule has 8 heteroatoms. The van der Waals surface area contributed by atoms with Gasteiger partial charge in [0.2, 0.25) is 18.2 Å². The minimum absolute atomic E-state index is 0.0385. The van der Waals surface area contributed by atoms with Crippen molar-refractivity contribution in [3.8, 4) is 0 Å². The number of hydrogen-bond donors (Lipinski definition) is 1. The molecule has 1 aliphatic rings. The Labute approximate surface area is 168 Å². The molecule has 0 unspecified atom stereocenters. The number of hydrogen-bond acceptors (Lipinski definition) is 6. The Balaban J connectivity index is 1.91. The van der Waals surface area contributed by atoms with Crippen molar-refractivity contribution in [1.29, 1.82) is 0 Å². The van der Waals surface area contributed by atoms with E-state index in [0.29, 0.717) is 45.0 Å². The van der Waals surface area contributed by atoms with Gasteiger partial charge in [0.15, 0.2) is 0 Å². The van der Waals surface area contributed by atoms with Gasteiger partial charge in [0.1, 0.15) is 13.3 Å². The Hall–Kier alpha value is -1.51. The van der Waals surface area contributed by atoms with Gasteiger partial charge >= 0.3 is 0 Å². The van der Waals surface area contributed by atoms with Crippen molar-refractivity contribution in [3.05, 3.63) is 0 Å². The van der Waals surface area contributed by atoms with Gasteiger partial charge < -0.3 is 19.5 Å². The summed E-state index contributed by atoms with van der Waals surface area (Å²) in [6.07, 6.45) is 6.37. The monoisotopic (exact) mass is 400 g/mol. The van der Waals surface area contributed by atoms with Gasteiger partial charge in [0.25, 0.3) is 0 Å². The van der Waals surface area contributed by atoms with Gasteiger partial charge in [-0.1, -0.05) is 26.7 Å². The molecule has 1 fully saturated rings. The Morgan fingerprint density at radius 2 is 1.68 bits per heavy atom. The molecule has 0 heterocycles. The van der Waals surface area contributed by atoms with Crippen molar-refractivity contribution in [2.24, 2.45) is 11.8 Å². The fraction of sp³-hybridized carbons (Fsp3) is 0.850. The lowest BCUT2D eigenvalue weighted by Crippen LogP contribution is -2.33. The molecule has 0 aromatic rings. The standard InChI is InChI=1S/C20H36N2O6/c1-3-4-20(25)22(15-23)16-28-12-10-26-9-11-27-14-19(24)21-13-18-7-5-17(2)6-8-18/h15,17-18H,3-14,16H2,1-2H3,(H,21,24). The van der Waals surface area contributed by atoms with Crippen LogP contribution in [-0.2, 0) is 28.6 Å². The molecule has 0 aliphatic heterocycles. The predicted molar refractivity (Wildman–Crippen MR) is 104 cm³/mol. The van der Waals surface area contributed by atoms with Crippen molar-refractivity contribution < 1.29 is 28.6 Å². The third kappa shape index (κ3) is 11.4. The van der Waals surface area contributed by atoms with Crippen LogP contribution in [0, 0.1) is 11.8 Å². The lowest BCUT2D eigenvalue weighted by atomic mass is 9.83. The second-order valence-corrected chi connectivity index (χ2v) is 7.35. The van der Waals surface area contributed by atoms with Gasteiger partial charge in [0, 0.05) is 13.0 Å². The minimum atomic E-state index is -0.247.